The summed E-state index contributed by atoms with van der Waals surface area (Å²) in [5, 5.41) is 13.7. The number of nitrogens with zero attached hydrogens (tertiary/aromatic N) is 1. The van der Waals surface area contributed by atoms with E-state index in [9.17, 15) is 27.9 Å². The topological polar surface area (TPSA) is 79.3 Å². The summed E-state index contributed by atoms with van der Waals surface area (Å²) >= 11 is 2.45. The van der Waals surface area contributed by atoms with E-state index in [0.717, 1.165) is 23.9 Å². The molecule has 0 spiro atoms. The highest BCUT2D eigenvalue weighted by molar-refractivity contribution is 8.02. The molecule has 0 radical (unpaired) electrons. The Morgan fingerprint density at radius 3 is 2.12 bits per heavy atom. The van der Waals surface area contributed by atoms with Crippen molar-refractivity contribution in [1.29, 1.82) is 0 Å². The van der Waals surface area contributed by atoms with E-state index in [1.165, 1.54) is 23.5 Å². The number of carbonyl (C=O) groups is 2. The van der Waals surface area contributed by atoms with E-state index in [0.29, 0.717) is 26.7 Å². The van der Waals surface area contributed by atoms with Crippen molar-refractivity contribution in [3.8, 4) is 11.1 Å². The number of carboxylic acid groups (broad SMARTS) is 1. The molecule has 0 atom stereocenters. The van der Waals surface area contributed by atoms with Crippen LogP contribution >= 0.6 is 23.1 Å². The molecule has 10 heteroatoms. The van der Waals surface area contributed by atoms with Crippen molar-refractivity contribution in [2.75, 3.05) is 0 Å². The van der Waals surface area contributed by atoms with Crippen molar-refractivity contribution < 1.29 is 27.9 Å². The Morgan fingerprint density at radius 1 is 1.03 bits per heavy atom. The summed E-state index contributed by atoms with van der Waals surface area (Å²) in [5.41, 5.74) is 1.61. The third-order valence-corrected chi connectivity index (χ3v) is 6.68. The predicted octanol–water partition coefficient (Wildman–Crippen LogP) is 5.71. The first-order chi connectivity index (χ1) is 15.0. The summed E-state index contributed by atoms with van der Waals surface area (Å²) in [4.78, 5) is 28.0. The van der Waals surface area contributed by atoms with Crippen LogP contribution in [0.4, 0.5) is 13.2 Å². The maximum absolute atomic E-state index is 12.7. The van der Waals surface area contributed by atoms with Crippen LogP contribution < -0.4 is 5.32 Å². The van der Waals surface area contributed by atoms with Gasteiger partial charge < -0.3 is 10.4 Å². The van der Waals surface area contributed by atoms with Gasteiger partial charge >= 0.3 is 12.1 Å². The minimum Gasteiger partial charge on any atom is -0.480 e. The van der Waals surface area contributed by atoms with Crippen LogP contribution in [-0.4, -0.2) is 26.7 Å². The molecular weight excluding hydrogens is 461 g/mol. The molecule has 0 saturated heterocycles. The Kier molecular flexibility index (Phi) is 6.94. The van der Waals surface area contributed by atoms with E-state index in [-0.39, 0.29) is 12.5 Å². The van der Waals surface area contributed by atoms with Gasteiger partial charge in [0.15, 0.2) is 4.34 Å². The van der Waals surface area contributed by atoms with Gasteiger partial charge in [-0.15, -0.1) is 11.3 Å². The largest absolute Gasteiger partial charge is 0.480 e. The average Bonchev–Trinajstić information content (AvgIpc) is 3.18. The number of thiazole rings is 1. The number of carboxylic acids is 1. The first-order valence-electron chi connectivity index (χ1n) is 9.38. The Bertz CT molecular complexity index is 1110. The SMILES string of the molecule is CC(C)(Sc1nc(CNC(=O)c2ccc(-c3ccc(C(F)(F)F)cc3)cc2)cs1)C(=O)O. The summed E-state index contributed by atoms with van der Waals surface area (Å²) in [5.74, 6) is -1.26. The number of alkyl halides is 3. The molecule has 32 heavy (non-hydrogen) atoms. The van der Waals surface area contributed by atoms with Crippen LogP contribution in [0, 0.1) is 0 Å². The van der Waals surface area contributed by atoms with Gasteiger partial charge in [0.25, 0.3) is 5.91 Å². The standard InChI is InChI=1S/C22H19F3N2O3S2/c1-21(2,19(29)30)32-20-27-17(12-31-20)11-26-18(28)15-5-3-13(4-6-15)14-7-9-16(10-8-14)22(23,24)25/h3-10,12H,11H2,1-2H3,(H,26,28)(H,29,30). The van der Waals surface area contributed by atoms with E-state index >= 15 is 0 Å². The molecule has 0 aliphatic rings. The molecule has 0 aliphatic heterocycles. The van der Waals surface area contributed by atoms with Crippen LogP contribution in [0.15, 0.2) is 58.3 Å². The van der Waals surface area contributed by atoms with Gasteiger partial charge in [-0.05, 0) is 49.2 Å². The second-order valence-electron chi connectivity index (χ2n) is 7.36. The van der Waals surface area contributed by atoms with Crippen molar-refractivity contribution in [2.24, 2.45) is 0 Å². The molecule has 0 unspecified atom stereocenters. The van der Waals surface area contributed by atoms with Crippen molar-refractivity contribution >= 4 is 35.0 Å². The van der Waals surface area contributed by atoms with E-state index in [1.807, 2.05) is 0 Å². The number of amides is 1. The second-order valence-corrected chi connectivity index (χ2v) is 10.1. The van der Waals surface area contributed by atoms with Gasteiger partial charge in [0.05, 0.1) is 17.8 Å². The number of aromatic nitrogens is 1. The first kappa shape index (κ1) is 23.8. The Morgan fingerprint density at radius 2 is 1.59 bits per heavy atom. The summed E-state index contributed by atoms with van der Waals surface area (Å²) in [6.45, 7) is 3.37. The van der Waals surface area contributed by atoms with Crippen molar-refractivity contribution in [2.45, 2.75) is 35.7 Å². The smallest absolute Gasteiger partial charge is 0.416 e. The van der Waals surface area contributed by atoms with E-state index in [4.69, 9.17) is 0 Å². The molecule has 1 amide bonds. The highest BCUT2D eigenvalue weighted by atomic mass is 32.2. The molecule has 0 bridgehead atoms. The maximum atomic E-state index is 12.7. The summed E-state index contributed by atoms with van der Waals surface area (Å²) in [6.07, 6.45) is -4.39. The average molecular weight is 481 g/mol. The molecule has 2 aromatic carbocycles. The van der Waals surface area contributed by atoms with Crippen molar-refractivity contribution in [1.82, 2.24) is 10.3 Å². The highest BCUT2D eigenvalue weighted by Crippen LogP contribution is 2.34. The van der Waals surface area contributed by atoms with Gasteiger partial charge in [-0.25, -0.2) is 4.98 Å². The monoisotopic (exact) mass is 480 g/mol. The van der Waals surface area contributed by atoms with Crippen LogP contribution in [0.5, 0.6) is 0 Å². The molecule has 2 N–H and O–H groups in total. The van der Waals surface area contributed by atoms with Crippen LogP contribution in [0.1, 0.15) is 35.5 Å². The third kappa shape index (κ3) is 5.89. The molecule has 1 heterocycles. The number of thioether (sulfide) groups is 1. The van der Waals surface area contributed by atoms with Gasteiger partial charge in [0.1, 0.15) is 4.75 Å². The minimum atomic E-state index is -4.39. The lowest BCUT2D eigenvalue weighted by Gasteiger charge is -2.15. The second kappa shape index (κ2) is 9.33. The molecule has 0 aliphatic carbocycles. The fourth-order valence-electron chi connectivity index (χ4n) is 2.62. The molecule has 5 nitrogen and oxygen atoms in total. The van der Waals surface area contributed by atoms with Gasteiger partial charge in [0.2, 0.25) is 0 Å². The lowest BCUT2D eigenvalue weighted by Crippen LogP contribution is -2.26. The van der Waals surface area contributed by atoms with Crippen LogP contribution in [0.3, 0.4) is 0 Å². The van der Waals surface area contributed by atoms with Gasteiger partial charge in [-0.1, -0.05) is 36.0 Å². The van der Waals surface area contributed by atoms with Gasteiger partial charge in [-0.3, -0.25) is 9.59 Å². The number of carbonyl (C=O) groups excluding carboxylic acids is 1. The van der Waals surface area contributed by atoms with E-state index in [2.05, 4.69) is 10.3 Å². The normalized spacial score (nSPS) is 11.9. The number of halogens is 3. The molecule has 0 fully saturated rings. The Balaban J connectivity index is 1.59. The summed E-state index contributed by atoms with van der Waals surface area (Å²) in [6, 6.07) is 11.4. The molecule has 168 valence electrons. The third-order valence-electron chi connectivity index (χ3n) is 4.51. The van der Waals surface area contributed by atoms with Crippen LogP contribution in [0.25, 0.3) is 11.1 Å². The number of benzene rings is 2. The molecular formula is C22H19F3N2O3S2. The predicted molar refractivity (Wildman–Crippen MR) is 118 cm³/mol. The lowest BCUT2D eigenvalue weighted by molar-refractivity contribution is -0.139. The lowest BCUT2D eigenvalue weighted by atomic mass is 10.0. The minimum absolute atomic E-state index is 0.185. The van der Waals surface area contributed by atoms with Crippen molar-refractivity contribution in [3.63, 3.8) is 0 Å². The number of aliphatic carboxylic acids is 1. The molecule has 1 aromatic heterocycles. The molecule has 0 saturated carbocycles. The fourth-order valence-corrected chi connectivity index (χ4v) is 4.81. The quantitative estimate of drug-likeness (QED) is 0.423. The zero-order valence-electron chi connectivity index (χ0n) is 17.1. The van der Waals surface area contributed by atoms with Crippen LogP contribution in [0.2, 0.25) is 0 Å². The van der Waals surface area contributed by atoms with Crippen LogP contribution in [-0.2, 0) is 17.5 Å². The molecule has 3 aromatic rings. The maximum Gasteiger partial charge on any atom is 0.416 e. The van der Waals surface area contributed by atoms with Crippen molar-refractivity contribution in [3.05, 3.63) is 70.7 Å². The fraction of sp³-hybridized carbons (Fsp3) is 0.227. The number of hydrogen-bond donors (Lipinski definition) is 2. The zero-order valence-corrected chi connectivity index (χ0v) is 18.7. The van der Waals surface area contributed by atoms with E-state index in [1.54, 1.807) is 43.5 Å². The van der Waals surface area contributed by atoms with Gasteiger partial charge in [-0.2, -0.15) is 13.2 Å². The molecule has 3 rings (SSSR count). The zero-order chi connectivity index (χ0) is 23.5. The van der Waals surface area contributed by atoms with E-state index < -0.39 is 22.5 Å². The Labute approximate surface area is 190 Å². The summed E-state index contributed by atoms with van der Waals surface area (Å²) < 4.78 is 37.7. The Hall–Kier alpha value is -2.85. The summed E-state index contributed by atoms with van der Waals surface area (Å²) in [7, 11) is 0. The number of hydrogen-bond acceptors (Lipinski definition) is 5. The number of nitrogens with one attached hydrogen (secondary N) is 1. The first-order valence-corrected chi connectivity index (χ1v) is 11.1. The number of rotatable bonds is 7. The highest BCUT2D eigenvalue weighted by Gasteiger charge is 2.30. The van der Waals surface area contributed by atoms with Gasteiger partial charge in [0, 0.05) is 10.9 Å².